The Morgan fingerprint density at radius 3 is 1.94 bits per heavy atom. The van der Waals surface area contributed by atoms with Crippen LogP contribution in [-0.2, 0) is 4.79 Å². The lowest BCUT2D eigenvalue weighted by atomic mass is 10.1. The molecule has 1 fully saturated rings. The van der Waals surface area contributed by atoms with Gasteiger partial charge in [-0.2, -0.15) is 0 Å². The van der Waals surface area contributed by atoms with Crippen LogP contribution in [0.4, 0.5) is 0 Å². The van der Waals surface area contributed by atoms with E-state index in [1.54, 1.807) is 0 Å². The van der Waals surface area contributed by atoms with E-state index in [9.17, 15) is 4.79 Å². The summed E-state index contributed by atoms with van der Waals surface area (Å²) in [4.78, 5) is 14.7. The number of rotatable bonds is 20. The van der Waals surface area contributed by atoms with E-state index in [1.807, 2.05) is 0 Å². The Labute approximate surface area is 200 Å². The molecule has 1 aliphatic heterocycles. The predicted octanol–water partition coefficient (Wildman–Crippen LogP) is 6.31. The summed E-state index contributed by atoms with van der Waals surface area (Å²) in [5.74, 6) is 0.254. The fourth-order valence-electron chi connectivity index (χ4n) is 4.82. The largest absolute Gasteiger partial charge is 0.350 e. The number of quaternary nitrogens is 1. The van der Waals surface area contributed by atoms with E-state index >= 15 is 0 Å². The highest BCUT2D eigenvalue weighted by Crippen LogP contribution is 2.13. The standard InChI is InChI=1S/C28H55N3O/c1-4-7-8-9-10-11-12-13-14-15-16-17-18-19-20-21-28(32)29-22-25-31(6-3)26-23-30(5-2)24-27-31/h13-14H,4-12,15-27H2,1-3H3/p+1. The van der Waals surface area contributed by atoms with Crippen LogP contribution in [0.5, 0.6) is 0 Å². The number of amides is 1. The highest BCUT2D eigenvalue weighted by atomic mass is 16.1. The van der Waals surface area contributed by atoms with Gasteiger partial charge in [0.05, 0.1) is 32.7 Å². The summed E-state index contributed by atoms with van der Waals surface area (Å²) in [7, 11) is 0. The number of hydrogen-bond acceptors (Lipinski definition) is 2. The van der Waals surface area contributed by atoms with Crippen LogP contribution in [-0.4, -0.2) is 67.6 Å². The van der Waals surface area contributed by atoms with Crippen molar-refractivity contribution < 1.29 is 9.28 Å². The third-order valence-electron chi connectivity index (χ3n) is 7.47. The molecule has 0 radical (unpaired) electrons. The second-order valence-electron chi connectivity index (χ2n) is 9.95. The number of carbonyl (C=O) groups excluding carboxylic acids is 1. The SMILES string of the molecule is CCCCCCCCC=CCCCCCCCC(=O)NCC[N+]1(CC)CCN(CC)CC1. The molecule has 4 heteroatoms. The van der Waals surface area contributed by atoms with Crippen LogP contribution in [0.3, 0.4) is 0 Å². The van der Waals surface area contributed by atoms with E-state index in [-0.39, 0.29) is 5.91 Å². The van der Waals surface area contributed by atoms with Crippen molar-refractivity contribution in [2.75, 3.05) is 52.4 Å². The summed E-state index contributed by atoms with van der Waals surface area (Å²) in [6.07, 6.45) is 22.4. The quantitative estimate of drug-likeness (QED) is 0.134. The van der Waals surface area contributed by atoms with Crippen LogP contribution in [0.1, 0.15) is 111 Å². The van der Waals surface area contributed by atoms with Crippen molar-refractivity contribution in [3.05, 3.63) is 12.2 Å². The summed E-state index contributed by atoms with van der Waals surface area (Å²) in [5, 5.41) is 3.19. The first-order chi connectivity index (χ1) is 15.7. The Bertz CT molecular complexity index is 469. The molecule has 0 atom stereocenters. The molecule has 0 aromatic carbocycles. The summed E-state index contributed by atoms with van der Waals surface area (Å²) >= 11 is 0. The maximum absolute atomic E-state index is 12.2. The molecule has 1 saturated heterocycles. The van der Waals surface area contributed by atoms with Gasteiger partial charge in [0.2, 0.25) is 5.91 Å². The molecule has 0 aliphatic carbocycles. The molecule has 0 spiro atoms. The van der Waals surface area contributed by atoms with Gasteiger partial charge in [-0.3, -0.25) is 9.69 Å². The second-order valence-corrected chi connectivity index (χ2v) is 9.95. The Kier molecular flexibility index (Phi) is 17.8. The average molecular weight is 451 g/mol. The van der Waals surface area contributed by atoms with Crippen LogP contribution in [0.25, 0.3) is 0 Å². The topological polar surface area (TPSA) is 32.3 Å². The van der Waals surface area contributed by atoms with Crippen LogP contribution in [0.15, 0.2) is 12.2 Å². The monoisotopic (exact) mass is 450 g/mol. The number of piperazine rings is 1. The van der Waals surface area contributed by atoms with Gasteiger partial charge in [0.1, 0.15) is 0 Å². The minimum atomic E-state index is 0.254. The molecule has 1 amide bonds. The first kappa shape index (κ1) is 29.2. The minimum absolute atomic E-state index is 0.254. The van der Waals surface area contributed by atoms with Gasteiger partial charge in [0.15, 0.2) is 0 Å². The van der Waals surface area contributed by atoms with Gasteiger partial charge in [-0.05, 0) is 45.6 Å². The number of nitrogens with one attached hydrogen (secondary N) is 1. The summed E-state index contributed by atoms with van der Waals surface area (Å²) in [6, 6.07) is 0. The summed E-state index contributed by atoms with van der Waals surface area (Å²) < 4.78 is 1.17. The van der Waals surface area contributed by atoms with E-state index in [1.165, 1.54) is 114 Å². The van der Waals surface area contributed by atoms with Crippen LogP contribution in [0, 0.1) is 0 Å². The molecule has 0 aromatic heterocycles. The lowest BCUT2D eigenvalue weighted by Gasteiger charge is -2.44. The smallest absolute Gasteiger partial charge is 0.220 e. The molecular weight excluding hydrogens is 394 g/mol. The lowest BCUT2D eigenvalue weighted by Crippen LogP contribution is -2.61. The number of carbonyl (C=O) groups is 1. The molecule has 0 bridgehead atoms. The molecule has 1 heterocycles. The number of unbranched alkanes of at least 4 members (excludes halogenated alkanes) is 11. The highest BCUT2D eigenvalue weighted by molar-refractivity contribution is 5.75. The molecular formula is C28H56N3O+. The number of allylic oxidation sites excluding steroid dienone is 2. The molecule has 1 rings (SSSR count). The summed E-state index contributed by atoms with van der Waals surface area (Å²) in [6.45, 7) is 16.0. The Morgan fingerprint density at radius 2 is 1.38 bits per heavy atom. The average Bonchev–Trinajstić information content (AvgIpc) is 2.82. The van der Waals surface area contributed by atoms with E-state index < -0.39 is 0 Å². The van der Waals surface area contributed by atoms with Crippen molar-refractivity contribution in [1.82, 2.24) is 10.2 Å². The zero-order valence-electron chi connectivity index (χ0n) is 22.0. The fraction of sp³-hybridized carbons (Fsp3) is 0.893. The van der Waals surface area contributed by atoms with Crippen molar-refractivity contribution in [3.63, 3.8) is 0 Å². The van der Waals surface area contributed by atoms with Gasteiger partial charge in [-0.15, -0.1) is 0 Å². The molecule has 188 valence electrons. The van der Waals surface area contributed by atoms with Crippen molar-refractivity contribution in [2.24, 2.45) is 0 Å². The molecule has 32 heavy (non-hydrogen) atoms. The van der Waals surface area contributed by atoms with E-state index in [4.69, 9.17) is 0 Å². The maximum atomic E-state index is 12.2. The van der Waals surface area contributed by atoms with Gasteiger partial charge in [0.25, 0.3) is 0 Å². The lowest BCUT2D eigenvalue weighted by molar-refractivity contribution is -0.929. The fourth-order valence-corrected chi connectivity index (χ4v) is 4.82. The molecule has 1 N–H and O–H groups in total. The normalized spacial score (nSPS) is 16.6. The zero-order valence-corrected chi connectivity index (χ0v) is 22.0. The second kappa shape index (κ2) is 19.6. The third kappa shape index (κ3) is 14.3. The van der Waals surface area contributed by atoms with Crippen molar-refractivity contribution >= 4 is 5.91 Å². The van der Waals surface area contributed by atoms with Gasteiger partial charge >= 0.3 is 0 Å². The minimum Gasteiger partial charge on any atom is -0.350 e. The zero-order chi connectivity index (χ0) is 23.3. The third-order valence-corrected chi connectivity index (χ3v) is 7.47. The van der Waals surface area contributed by atoms with Gasteiger partial charge in [0, 0.05) is 19.5 Å². The Morgan fingerprint density at radius 1 is 0.812 bits per heavy atom. The number of likely N-dealkylation sites (N-methyl/N-ethyl adjacent to an activating group) is 2. The van der Waals surface area contributed by atoms with E-state index in [0.717, 1.165) is 26.1 Å². The van der Waals surface area contributed by atoms with Crippen molar-refractivity contribution in [1.29, 1.82) is 0 Å². The Hall–Kier alpha value is -0.870. The van der Waals surface area contributed by atoms with Crippen LogP contribution < -0.4 is 5.32 Å². The van der Waals surface area contributed by atoms with Gasteiger partial charge in [-0.1, -0.05) is 77.4 Å². The van der Waals surface area contributed by atoms with E-state index in [0.29, 0.717) is 6.42 Å². The maximum Gasteiger partial charge on any atom is 0.220 e. The first-order valence-electron chi connectivity index (χ1n) is 14.1. The molecule has 0 aromatic rings. The first-order valence-corrected chi connectivity index (χ1v) is 14.1. The molecule has 0 unspecified atom stereocenters. The van der Waals surface area contributed by atoms with E-state index in [2.05, 4.69) is 43.1 Å². The molecule has 4 nitrogen and oxygen atoms in total. The Balaban J connectivity index is 1.91. The highest BCUT2D eigenvalue weighted by Gasteiger charge is 2.30. The summed E-state index contributed by atoms with van der Waals surface area (Å²) in [5.41, 5.74) is 0. The van der Waals surface area contributed by atoms with Gasteiger partial charge < -0.3 is 9.80 Å². The molecule has 0 saturated carbocycles. The molecule has 1 aliphatic rings. The van der Waals surface area contributed by atoms with Crippen LogP contribution >= 0.6 is 0 Å². The predicted molar refractivity (Wildman–Crippen MR) is 140 cm³/mol. The van der Waals surface area contributed by atoms with Crippen molar-refractivity contribution in [2.45, 2.75) is 111 Å². The van der Waals surface area contributed by atoms with Crippen molar-refractivity contribution in [3.8, 4) is 0 Å². The van der Waals surface area contributed by atoms with Gasteiger partial charge in [-0.25, -0.2) is 0 Å². The number of hydrogen-bond donors (Lipinski definition) is 1. The number of nitrogens with zero attached hydrogens (tertiary/aromatic N) is 2. The van der Waals surface area contributed by atoms with Crippen LogP contribution in [0.2, 0.25) is 0 Å².